The fourth-order valence-corrected chi connectivity index (χ4v) is 3.09. The van der Waals surface area contributed by atoms with Gasteiger partial charge in [-0.1, -0.05) is 42.5 Å². The predicted molar refractivity (Wildman–Crippen MR) is 85.3 cm³/mol. The number of epoxide rings is 2. The molecule has 4 heteroatoms. The molecule has 0 bridgehead atoms. The van der Waals surface area contributed by atoms with Gasteiger partial charge in [-0.3, -0.25) is 4.79 Å². The molecule has 3 heterocycles. The Balaban J connectivity index is 1.86. The fourth-order valence-electron chi connectivity index (χ4n) is 3.09. The Bertz CT molecular complexity index is 950. The molecule has 0 N–H and O–H groups in total. The minimum Gasteiger partial charge on any atom is -0.455 e. The van der Waals surface area contributed by atoms with Gasteiger partial charge in [-0.2, -0.15) is 0 Å². The van der Waals surface area contributed by atoms with Crippen molar-refractivity contribution in [2.75, 3.05) is 13.2 Å². The molecule has 0 amide bonds. The summed E-state index contributed by atoms with van der Waals surface area (Å²) < 4.78 is 16.9. The first-order chi connectivity index (χ1) is 11.3. The second-order valence-electron chi connectivity index (χ2n) is 5.90. The van der Waals surface area contributed by atoms with Crippen LogP contribution in [0.5, 0.6) is 0 Å². The standard InChI is InChI=1S/C19H14O4/c20-18-16-12(14-9-21-14)7-4-8-13(16)23-19(17(18)15-10-22-15)11-5-2-1-3-6-11/h1-8,14-15H,9-10H2. The van der Waals surface area contributed by atoms with Crippen molar-refractivity contribution in [3.63, 3.8) is 0 Å². The molecule has 4 nitrogen and oxygen atoms in total. The van der Waals surface area contributed by atoms with Crippen LogP contribution >= 0.6 is 0 Å². The molecule has 2 saturated heterocycles. The van der Waals surface area contributed by atoms with Gasteiger partial charge in [0.2, 0.25) is 0 Å². The second kappa shape index (κ2) is 4.78. The lowest BCUT2D eigenvalue weighted by molar-refractivity contribution is 0.410. The summed E-state index contributed by atoms with van der Waals surface area (Å²) in [6, 6.07) is 15.4. The zero-order chi connectivity index (χ0) is 15.4. The van der Waals surface area contributed by atoms with Crippen LogP contribution in [0.15, 0.2) is 57.7 Å². The minimum atomic E-state index is -0.168. The van der Waals surface area contributed by atoms with E-state index in [-0.39, 0.29) is 17.6 Å². The van der Waals surface area contributed by atoms with E-state index in [0.29, 0.717) is 35.5 Å². The van der Waals surface area contributed by atoms with Gasteiger partial charge in [0.15, 0.2) is 5.43 Å². The molecular weight excluding hydrogens is 292 g/mol. The van der Waals surface area contributed by atoms with Gasteiger partial charge in [-0.25, -0.2) is 0 Å². The number of hydrogen-bond donors (Lipinski definition) is 0. The molecule has 0 aliphatic carbocycles. The van der Waals surface area contributed by atoms with Gasteiger partial charge in [0, 0.05) is 5.56 Å². The maximum absolute atomic E-state index is 13.2. The van der Waals surface area contributed by atoms with E-state index < -0.39 is 0 Å². The van der Waals surface area contributed by atoms with Gasteiger partial charge in [0.25, 0.3) is 0 Å². The SMILES string of the molecule is O=c1c(C2CO2)c(-c2ccccc2)oc2cccc(C3CO3)c12. The van der Waals surface area contributed by atoms with Crippen LogP contribution in [0, 0.1) is 0 Å². The molecular formula is C19H14O4. The van der Waals surface area contributed by atoms with E-state index in [4.69, 9.17) is 13.9 Å². The Morgan fingerprint density at radius 3 is 2.30 bits per heavy atom. The van der Waals surface area contributed by atoms with Crippen molar-refractivity contribution in [3.05, 3.63) is 69.9 Å². The summed E-state index contributed by atoms with van der Waals surface area (Å²) in [5, 5.41) is 0.625. The van der Waals surface area contributed by atoms with Gasteiger partial charge in [-0.05, 0) is 11.6 Å². The highest BCUT2D eigenvalue weighted by molar-refractivity contribution is 5.84. The third-order valence-corrected chi connectivity index (χ3v) is 4.36. The van der Waals surface area contributed by atoms with Crippen LogP contribution in [-0.4, -0.2) is 13.2 Å². The normalized spacial score (nSPS) is 22.3. The summed E-state index contributed by atoms with van der Waals surface area (Å²) >= 11 is 0. The number of hydrogen-bond acceptors (Lipinski definition) is 4. The smallest absolute Gasteiger partial charge is 0.199 e. The van der Waals surface area contributed by atoms with Gasteiger partial charge >= 0.3 is 0 Å². The summed E-state index contributed by atoms with van der Waals surface area (Å²) in [5.41, 5.74) is 3.03. The van der Waals surface area contributed by atoms with Crippen molar-refractivity contribution < 1.29 is 13.9 Å². The van der Waals surface area contributed by atoms with Gasteiger partial charge < -0.3 is 13.9 Å². The lowest BCUT2D eigenvalue weighted by atomic mass is 9.99. The highest BCUT2D eigenvalue weighted by atomic mass is 16.6. The number of ether oxygens (including phenoxy) is 2. The van der Waals surface area contributed by atoms with E-state index in [2.05, 4.69) is 0 Å². The summed E-state index contributed by atoms with van der Waals surface area (Å²) in [7, 11) is 0. The Labute approximate surface area is 132 Å². The third-order valence-electron chi connectivity index (χ3n) is 4.36. The molecule has 0 radical (unpaired) electrons. The number of rotatable bonds is 3. The van der Waals surface area contributed by atoms with Crippen LogP contribution < -0.4 is 5.43 Å². The molecule has 0 spiro atoms. The molecule has 23 heavy (non-hydrogen) atoms. The van der Waals surface area contributed by atoms with Crippen LogP contribution in [0.25, 0.3) is 22.3 Å². The van der Waals surface area contributed by atoms with E-state index in [1.54, 1.807) is 0 Å². The van der Waals surface area contributed by atoms with Crippen molar-refractivity contribution in [3.8, 4) is 11.3 Å². The lowest BCUT2D eigenvalue weighted by Crippen LogP contribution is -2.12. The second-order valence-corrected chi connectivity index (χ2v) is 5.90. The van der Waals surface area contributed by atoms with Crippen LogP contribution in [-0.2, 0) is 9.47 Å². The maximum Gasteiger partial charge on any atom is 0.199 e. The quantitative estimate of drug-likeness (QED) is 0.694. The Kier molecular flexibility index (Phi) is 2.71. The molecule has 3 aromatic rings. The zero-order valence-corrected chi connectivity index (χ0v) is 12.3. The molecule has 2 aliphatic rings. The molecule has 2 aliphatic heterocycles. The molecule has 2 aromatic carbocycles. The number of benzene rings is 2. The molecule has 1 aromatic heterocycles. The van der Waals surface area contributed by atoms with E-state index in [1.807, 2.05) is 48.5 Å². The van der Waals surface area contributed by atoms with Crippen LogP contribution in [0.2, 0.25) is 0 Å². The summed E-state index contributed by atoms with van der Waals surface area (Å²) in [4.78, 5) is 13.2. The van der Waals surface area contributed by atoms with E-state index in [1.165, 1.54) is 0 Å². The summed E-state index contributed by atoms with van der Waals surface area (Å²) in [6.45, 7) is 1.23. The van der Waals surface area contributed by atoms with E-state index in [9.17, 15) is 4.79 Å². The van der Waals surface area contributed by atoms with Crippen molar-refractivity contribution in [2.45, 2.75) is 12.2 Å². The highest BCUT2D eigenvalue weighted by Crippen LogP contribution is 2.39. The largest absolute Gasteiger partial charge is 0.455 e. The molecule has 0 saturated carbocycles. The van der Waals surface area contributed by atoms with Crippen molar-refractivity contribution in [2.24, 2.45) is 0 Å². The first kappa shape index (κ1) is 13.0. The monoisotopic (exact) mass is 306 g/mol. The average Bonchev–Trinajstić information content (AvgIpc) is 3.48. The fraction of sp³-hybridized carbons (Fsp3) is 0.211. The minimum absolute atomic E-state index is 0.00120. The van der Waals surface area contributed by atoms with Gasteiger partial charge in [0.05, 0.1) is 24.2 Å². The van der Waals surface area contributed by atoms with E-state index >= 15 is 0 Å². The zero-order valence-electron chi connectivity index (χ0n) is 12.3. The maximum atomic E-state index is 13.2. The Morgan fingerprint density at radius 2 is 1.61 bits per heavy atom. The van der Waals surface area contributed by atoms with Crippen molar-refractivity contribution >= 4 is 11.0 Å². The topological polar surface area (TPSA) is 55.3 Å². The molecule has 114 valence electrons. The summed E-state index contributed by atoms with van der Waals surface area (Å²) in [5.74, 6) is 0.611. The Morgan fingerprint density at radius 1 is 0.870 bits per heavy atom. The first-order valence-electron chi connectivity index (χ1n) is 7.71. The summed E-state index contributed by atoms with van der Waals surface area (Å²) in [6.07, 6.45) is -0.156. The van der Waals surface area contributed by atoms with Crippen LogP contribution in [0.3, 0.4) is 0 Å². The molecule has 5 rings (SSSR count). The lowest BCUT2D eigenvalue weighted by Gasteiger charge is -2.10. The predicted octanol–water partition coefficient (Wildman–Crippen LogP) is 3.60. The van der Waals surface area contributed by atoms with Crippen molar-refractivity contribution in [1.82, 2.24) is 0 Å². The number of fused-ring (bicyclic) bond motifs is 1. The first-order valence-corrected chi connectivity index (χ1v) is 7.71. The molecule has 2 fully saturated rings. The van der Waals surface area contributed by atoms with Crippen molar-refractivity contribution in [1.29, 1.82) is 0 Å². The highest BCUT2D eigenvalue weighted by Gasteiger charge is 2.35. The van der Waals surface area contributed by atoms with Crippen LogP contribution in [0.4, 0.5) is 0 Å². The van der Waals surface area contributed by atoms with Gasteiger partial charge in [-0.15, -0.1) is 0 Å². The average molecular weight is 306 g/mol. The van der Waals surface area contributed by atoms with Crippen LogP contribution in [0.1, 0.15) is 23.3 Å². The molecule has 2 atom stereocenters. The molecule has 2 unspecified atom stereocenters. The Hall–Kier alpha value is -2.43. The third kappa shape index (κ3) is 2.11. The van der Waals surface area contributed by atoms with Gasteiger partial charge in [0.1, 0.15) is 23.6 Å². The van der Waals surface area contributed by atoms with E-state index in [0.717, 1.165) is 11.1 Å².